The van der Waals surface area contributed by atoms with Gasteiger partial charge in [0.15, 0.2) is 11.5 Å². The molecular weight excluding hydrogens is 464 g/mol. The highest BCUT2D eigenvalue weighted by molar-refractivity contribution is 7.89. The first kappa shape index (κ1) is 24.2. The highest BCUT2D eigenvalue weighted by Gasteiger charge is 2.27. The van der Waals surface area contributed by atoms with Crippen molar-refractivity contribution in [2.24, 2.45) is 0 Å². The van der Waals surface area contributed by atoms with E-state index in [0.717, 1.165) is 18.4 Å². The Kier molecular flexibility index (Phi) is 7.30. The average molecular weight is 489 g/mol. The molecule has 1 heterocycles. The number of sulfonamides is 1. The van der Waals surface area contributed by atoms with Crippen LogP contribution in [0.2, 0.25) is 0 Å². The molecule has 0 N–H and O–H groups in total. The zero-order chi connectivity index (χ0) is 24.8. The van der Waals surface area contributed by atoms with Gasteiger partial charge in [0.1, 0.15) is 0 Å². The summed E-state index contributed by atoms with van der Waals surface area (Å²) in [6.45, 7) is 1.02. The van der Waals surface area contributed by atoms with E-state index in [1.807, 2.05) is 30.3 Å². The Labute approximate surface area is 204 Å². The zero-order valence-electron chi connectivity index (χ0n) is 19.2. The second kappa shape index (κ2) is 10.6. The van der Waals surface area contributed by atoms with Crippen LogP contribution in [-0.2, 0) is 10.0 Å². The number of nitrogens with zero attached hydrogens (tertiary/aromatic N) is 2. The van der Waals surface area contributed by atoms with E-state index in [9.17, 15) is 18.5 Å². The lowest BCUT2D eigenvalue weighted by molar-refractivity contribution is 0.0729. The van der Waals surface area contributed by atoms with Crippen LogP contribution in [0.25, 0.3) is 11.6 Å². The molecule has 178 valence electrons. The minimum atomic E-state index is -3.56. The number of hydrogen-bond donors (Lipinski definition) is 0. The summed E-state index contributed by atoms with van der Waals surface area (Å²) in [5.74, 6) is -0.106. The predicted octanol–water partition coefficient (Wildman–Crippen LogP) is 4.76. The van der Waals surface area contributed by atoms with Crippen LogP contribution in [0, 0.1) is 11.3 Å². The lowest BCUT2D eigenvalue weighted by atomic mass is 10.0. The molecule has 1 saturated heterocycles. The number of allylic oxidation sites excluding steroid dienone is 1. The number of carbonyl (C=O) groups excluding carboxylic acids is 1. The van der Waals surface area contributed by atoms with E-state index in [4.69, 9.17) is 9.47 Å². The first-order valence-corrected chi connectivity index (χ1v) is 12.5. The average Bonchev–Trinajstić information content (AvgIpc) is 3.45. The summed E-state index contributed by atoms with van der Waals surface area (Å²) >= 11 is 0. The molecule has 1 aliphatic rings. The summed E-state index contributed by atoms with van der Waals surface area (Å²) in [5, 5.41) is 9.54. The van der Waals surface area contributed by atoms with Crippen molar-refractivity contribution < 1.29 is 22.7 Å². The van der Waals surface area contributed by atoms with Gasteiger partial charge < -0.3 is 9.47 Å². The van der Waals surface area contributed by atoms with Gasteiger partial charge in [0.05, 0.1) is 29.2 Å². The van der Waals surface area contributed by atoms with E-state index in [-0.39, 0.29) is 16.2 Å². The molecule has 1 aliphatic heterocycles. The maximum absolute atomic E-state index is 12.7. The minimum Gasteiger partial charge on any atom is -0.493 e. The third-order valence-electron chi connectivity index (χ3n) is 5.70. The molecule has 0 aliphatic carbocycles. The zero-order valence-corrected chi connectivity index (χ0v) is 20.0. The van der Waals surface area contributed by atoms with Gasteiger partial charge >= 0.3 is 5.97 Å². The number of nitriles is 1. The molecule has 4 rings (SSSR count). The van der Waals surface area contributed by atoms with Crippen LogP contribution in [0.4, 0.5) is 0 Å². The van der Waals surface area contributed by atoms with E-state index in [0.29, 0.717) is 30.0 Å². The summed E-state index contributed by atoms with van der Waals surface area (Å²) in [5.41, 5.74) is 2.20. The maximum atomic E-state index is 12.7. The van der Waals surface area contributed by atoms with E-state index < -0.39 is 16.0 Å². The molecule has 3 aromatic rings. The van der Waals surface area contributed by atoms with Crippen molar-refractivity contribution in [2.75, 3.05) is 20.2 Å². The SMILES string of the molecule is COc1cc(/C=C(/C#N)c2ccccc2)ccc1OC(=O)c1ccc(S(=O)(=O)N2CCCC2)cc1. The molecule has 3 aromatic carbocycles. The van der Waals surface area contributed by atoms with Crippen LogP contribution in [0.1, 0.15) is 34.3 Å². The Morgan fingerprint density at radius 2 is 1.63 bits per heavy atom. The van der Waals surface area contributed by atoms with E-state index >= 15 is 0 Å². The summed E-state index contributed by atoms with van der Waals surface area (Å²) in [6, 6.07) is 22.2. The first-order chi connectivity index (χ1) is 16.9. The number of ether oxygens (including phenoxy) is 2. The number of rotatable bonds is 7. The van der Waals surface area contributed by atoms with Crippen molar-refractivity contribution in [3.05, 3.63) is 89.5 Å². The van der Waals surface area contributed by atoms with Gasteiger partial charge in [-0.3, -0.25) is 0 Å². The summed E-state index contributed by atoms with van der Waals surface area (Å²) in [6.07, 6.45) is 3.43. The van der Waals surface area contributed by atoms with Crippen LogP contribution < -0.4 is 9.47 Å². The number of benzene rings is 3. The molecule has 0 atom stereocenters. The molecule has 0 spiro atoms. The number of methoxy groups -OCH3 is 1. The van der Waals surface area contributed by atoms with E-state index in [2.05, 4.69) is 6.07 Å². The molecule has 0 radical (unpaired) electrons. The quantitative estimate of drug-likeness (QED) is 0.206. The van der Waals surface area contributed by atoms with Gasteiger partial charge in [-0.2, -0.15) is 9.57 Å². The first-order valence-electron chi connectivity index (χ1n) is 11.1. The van der Waals surface area contributed by atoms with Crippen molar-refractivity contribution in [1.82, 2.24) is 4.31 Å². The summed E-state index contributed by atoms with van der Waals surface area (Å²) in [4.78, 5) is 12.9. The predicted molar refractivity (Wildman–Crippen MR) is 132 cm³/mol. The molecule has 7 nitrogen and oxygen atoms in total. The largest absolute Gasteiger partial charge is 0.493 e. The molecule has 0 saturated carbocycles. The maximum Gasteiger partial charge on any atom is 0.343 e. The second-order valence-corrected chi connectivity index (χ2v) is 9.91. The standard InChI is InChI=1S/C27H24N2O5S/c1-33-26-18-20(17-23(19-28)21-7-3-2-4-8-21)9-14-25(26)34-27(30)22-10-12-24(13-11-22)35(31,32)29-15-5-6-16-29/h2-4,7-14,17-18H,5-6,15-16H2,1H3/b23-17-. The fourth-order valence-electron chi connectivity index (χ4n) is 3.82. The third kappa shape index (κ3) is 5.43. The summed E-state index contributed by atoms with van der Waals surface area (Å²) in [7, 11) is -2.10. The highest BCUT2D eigenvalue weighted by atomic mass is 32.2. The van der Waals surface area contributed by atoms with Crippen LogP contribution in [0.15, 0.2) is 77.7 Å². The fraction of sp³-hybridized carbons (Fsp3) is 0.185. The topological polar surface area (TPSA) is 96.7 Å². The summed E-state index contributed by atoms with van der Waals surface area (Å²) < 4.78 is 37.7. The van der Waals surface area contributed by atoms with Gasteiger partial charge in [-0.05, 0) is 66.4 Å². The van der Waals surface area contributed by atoms with E-state index in [1.54, 1.807) is 24.3 Å². The Morgan fingerprint density at radius 1 is 0.943 bits per heavy atom. The Morgan fingerprint density at radius 3 is 2.26 bits per heavy atom. The molecular formula is C27H24N2O5S. The van der Waals surface area contributed by atoms with Gasteiger partial charge in [-0.1, -0.05) is 36.4 Å². The van der Waals surface area contributed by atoms with Crippen LogP contribution in [0.3, 0.4) is 0 Å². The highest BCUT2D eigenvalue weighted by Crippen LogP contribution is 2.31. The van der Waals surface area contributed by atoms with Gasteiger partial charge in [-0.15, -0.1) is 0 Å². The second-order valence-electron chi connectivity index (χ2n) is 7.97. The van der Waals surface area contributed by atoms with Gasteiger partial charge in [-0.25, -0.2) is 13.2 Å². The van der Waals surface area contributed by atoms with Crippen molar-refractivity contribution in [2.45, 2.75) is 17.7 Å². The van der Waals surface area contributed by atoms with Crippen LogP contribution in [0.5, 0.6) is 11.5 Å². The smallest absolute Gasteiger partial charge is 0.343 e. The van der Waals surface area contributed by atoms with Crippen LogP contribution in [-0.4, -0.2) is 38.9 Å². The Balaban J connectivity index is 1.51. The number of esters is 1. The van der Waals surface area contributed by atoms with Crippen molar-refractivity contribution >= 4 is 27.6 Å². The molecule has 0 aromatic heterocycles. The molecule has 8 heteroatoms. The van der Waals surface area contributed by atoms with Gasteiger partial charge in [0.25, 0.3) is 0 Å². The van der Waals surface area contributed by atoms with Gasteiger partial charge in [0, 0.05) is 13.1 Å². The molecule has 1 fully saturated rings. The third-order valence-corrected chi connectivity index (χ3v) is 7.61. The van der Waals surface area contributed by atoms with Crippen LogP contribution >= 0.6 is 0 Å². The van der Waals surface area contributed by atoms with Crippen molar-refractivity contribution in [1.29, 1.82) is 5.26 Å². The molecule has 0 bridgehead atoms. The number of hydrogen-bond acceptors (Lipinski definition) is 6. The van der Waals surface area contributed by atoms with E-state index in [1.165, 1.54) is 35.7 Å². The normalized spacial score (nSPS) is 14.3. The van der Waals surface area contributed by atoms with Crippen molar-refractivity contribution in [3.8, 4) is 17.6 Å². The lowest BCUT2D eigenvalue weighted by Crippen LogP contribution is -2.27. The Hall–Kier alpha value is -3.93. The Bertz CT molecular complexity index is 1390. The minimum absolute atomic E-state index is 0.149. The molecule has 0 amide bonds. The number of carbonyl (C=O) groups is 1. The monoisotopic (exact) mass is 488 g/mol. The lowest BCUT2D eigenvalue weighted by Gasteiger charge is -2.15. The van der Waals surface area contributed by atoms with Gasteiger partial charge in [0.2, 0.25) is 10.0 Å². The molecule has 35 heavy (non-hydrogen) atoms. The van der Waals surface area contributed by atoms with Crippen molar-refractivity contribution in [3.63, 3.8) is 0 Å². The molecule has 0 unspecified atom stereocenters. The fourth-order valence-corrected chi connectivity index (χ4v) is 5.34.